The number of rotatable bonds is 8. The van der Waals surface area contributed by atoms with Gasteiger partial charge in [-0.2, -0.15) is 0 Å². The van der Waals surface area contributed by atoms with Gasteiger partial charge in [-0.15, -0.1) is 12.6 Å². The molecule has 0 aliphatic heterocycles. The monoisotopic (exact) mass is 303 g/mol. The maximum Gasteiger partial charge on any atom is 0.110 e. The van der Waals surface area contributed by atoms with Gasteiger partial charge in [0.05, 0.1) is 23.7 Å². The molecule has 1 aliphatic rings. The molecule has 0 aromatic rings. The first-order valence-electron chi connectivity index (χ1n) is 7.47. The Morgan fingerprint density at radius 2 is 2.00 bits per heavy atom. The zero-order valence-electron chi connectivity index (χ0n) is 12.7. The van der Waals surface area contributed by atoms with Crippen molar-refractivity contribution in [2.75, 3.05) is 13.7 Å². The Hall–Kier alpha value is 0.255. The molecular formula is C14H28BO4S. The highest BCUT2D eigenvalue weighted by molar-refractivity contribution is 7.80. The van der Waals surface area contributed by atoms with E-state index in [2.05, 4.69) is 19.9 Å². The summed E-state index contributed by atoms with van der Waals surface area (Å²) < 4.78 is 11.5. The predicted molar refractivity (Wildman–Crippen MR) is 84.5 cm³/mol. The second-order valence-electron chi connectivity index (χ2n) is 5.68. The molecule has 0 heterocycles. The van der Waals surface area contributed by atoms with E-state index in [4.69, 9.17) is 14.6 Å². The third kappa shape index (κ3) is 5.56. The van der Waals surface area contributed by atoms with Crippen LogP contribution in [0.15, 0.2) is 0 Å². The highest BCUT2D eigenvalue weighted by Gasteiger charge is 2.38. The van der Waals surface area contributed by atoms with Gasteiger partial charge >= 0.3 is 0 Å². The molecule has 0 aromatic heterocycles. The molecule has 1 saturated carbocycles. The zero-order valence-corrected chi connectivity index (χ0v) is 13.6. The Bertz CT molecular complexity index is 266. The van der Waals surface area contributed by atoms with Gasteiger partial charge < -0.3 is 19.7 Å². The van der Waals surface area contributed by atoms with E-state index >= 15 is 0 Å². The highest BCUT2D eigenvalue weighted by atomic mass is 32.1. The SMILES string of the molecule is C[B]C1CC(OCCCC(O)S)C(OC)CC1C(C)O. The van der Waals surface area contributed by atoms with Crippen LogP contribution < -0.4 is 0 Å². The van der Waals surface area contributed by atoms with Crippen LogP contribution in [0.5, 0.6) is 0 Å². The summed E-state index contributed by atoms with van der Waals surface area (Å²) in [5.74, 6) is 0.603. The topological polar surface area (TPSA) is 58.9 Å². The Morgan fingerprint density at radius 3 is 2.50 bits per heavy atom. The van der Waals surface area contributed by atoms with Gasteiger partial charge in [-0.05, 0) is 38.5 Å². The number of hydrogen-bond acceptors (Lipinski definition) is 5. The van der Waals surface area contributed by atoms with E-state index in [1.165, 1.54) is 0 Å². The van der Waals surface area contributed by atoms with Crippen molar-refractivity contribution in [1.82, 2.24) is 0 Å². The van der Waals surface area contributed by atoms with Gasteiger partial charge in [-0.3, -0.25) is 0 Å². The molecule has 4 nitrogen and oxygen atoms in total. The molecule has 1 radical (unpaired) electrons. The van der Waals surface area contributed by atoms with E-state index in [0.717, 1.165) is 19.3 Å². The van der Waals surface area contributed by atoms with E-state index in [9.17, 15) is 5.11 Å². The van der Waals surface area contributed by atoms with Gasteiger partial charge in [0.15, 0.2) is 0 Å². The molecule has 0 saturated heterocycles. The Morgan fingerprint density at radius 1 is 1.30 bits per heavy atom. The van der Waals surface area contributed by atoms with Crippen LogP contribution in [0.25, 0.3) is 0 Å². The average molecular weight is 303 g/mol. The number of methoxy groups -OCH3 is 1. The standard InChI is InChI=1S/C14H28BO4S/c1-9(16)10-7-12(18-3)13(8-11(10)15-2)19-6-4-5-14(17)20/h9-14,16-17,20H,4-8H2,1-3H3. The van der Waals surface area contributed by atoms with Gasteiger partial charge in [0.1, 0.15) is 7.28 Å². The van der Waals surface area contributed by atoms with Crippen LogP contribution in [0, 0.1) is 5.92 Å². The van der Waals surface area contributed by atoms with Crippen molar-refractivity contribution >= 4 is 19.9 Å². The third-order valence-corrected chi connectivity index (χ3v) is 4.52. The Kier molecular flexibility index (Phi) is 8.52. The van der Waals surface area contributed by atoms with E-state index in [1.807, 2.05) is 13.7 Å². The average Bonchev–Trinajstić information content (AvgIpc) is 2.42. The quantitative estimate of drug-likeness (QED) is 0.277. The van der Waals surface area contributed by atoms with Crippen LogP contribution in [0.2, 0.25) is 12.6 Å². The van der Waals surface area contributed by atoms with Crippen molar-refractivity contribution in [3.8, 4) is 0 Å². The lowest BCUT2D eigenvalue weighted by Crippen LogP contribution is -2.44. The molecule has 1 fully saturated rings. The molecule has 20 heavy (non-hydrogen) atoms. The van der Waals surface area contributed by atoms with Crippen molar-refractivity contribution in [3.63, 3.8) is 0 Å². The molecule has 2 N–H and O–H groups in total. The van der Waals surface area contributed by atoms with Crippen LogP contribution >= 0.6 is 12.6 Å². The van der Waals surface area contributed by atoms with Crippen LogP contribution in [-0.4, -0.2) is 55.0 Å². The first-order valence-corrected chi connectivity index (χ1v) is 7.99. The number of aliphatic hydroxyl groups excluding tert-OH is 2. The summed E-state index contributed by atoms with van der Waals surface area (Å²) in [6.45, 7) is 4.50. The van der Waals surface area contributed by atoms with Crippen molar-refractivity contribution in [1.29, 1.82) is 0 Å². The minimum absolute atomic E-state index is 0.0340. The smallest absolute Gasteiger partial charge is 0.110 e. The zero-order chi connectivity index (χ0) is 15.1. The Labute approximate surface area is 128 Å². The van der Waals surface area contributed by atoms with Crippen LogP contribution in [-0.2, 0) is 9.47 Å². The molecular weight excluding hydrogens is 275 g/mol. The second kappa shape index (κ2) is 9.31. The molecule has 0 aromatic carbocycles. The molecule has 117 valence electrons. The van der Waals surface area contributed by atoms with Crippen LogP contribution in [0.4, 0.5) is 0 Å². The van der Waals surface area contributed by atoms with Crippen molar-refractivity contribution in [2.45, 2.75) is 69.0 Å². The second-order valence-corrected chi connectivity index (χ2v) is 6.28. The highest BCUT2D eigenvalue weighted by Crippen LogP contribution is 2.39. The maximum atomic E-state index is 9.90. The fraction of sp³-hybridized carbons (Fsp3) is 1.00. The summed E-state index contributed by atoms with van der Waals surface area (Å²) >= 11 is 3.94. The molecule has 1 rings (SSSR count). The van der Waals surface area contributed by atoms with E-state index in [0.29, 0.717) is 18.8 Å². The maximum absolute atomic E-state index is 9.90. The number of thiol groups is 1. The van der Waals surface area contributed by atoms with Gasteiger partial charge in [0.25, 0.3) is 0 Å². The lowest BCUT2D eigenvalue weighted by atomic mass is 9.54. The summed E-state index contributed by atoms with van der Waals surface area (Å²) in [6.07, 6.45) is 2.90. The Balaban J connectivity index is 2.48. The molecule has 6 atom stereocenters. The third-order valence-electron chi connectivity index (χ3n) is 4.26. The lowest BCUT2D eigenvalue weighted by Gasteiger charge is -2.41. The fourth-order valence-electron chi connectivity index (χ4n) is 3.05. The van der Waals surface area contributed by atoms with Gasteiger partial charge in [0, 0.05) is 13.7 Å². The molecule has 0 amide bonds. The fourth-order valence-corrected chi connectivity index (χ4v) is 3.23. The van der Waals surface area contributed by atoms with Gasteiger partial charge in [-0.1, -0.05) is 12.6 Å². The minimum Gasteiger partial charge on any atom is -0.393 e. The van der Waals surface area contributed by atoms with Crippen molar-refractivity contribution < 1.29 is 19.7 Å². The van der Waals surface area contributed by atoms with Gasteiger partial charge in [0.2, 0.25) is 0 Å². The first-order chi connectivity index (χ1) is 9.49. The van der Waals surface area contributed by atoms with Crippen LogP contribution in [0.1, 0.15) is 32.6 Å². The first kappa shape index (κ1) is 18.3. The number of aliphatic hydroxyl groups is 2. The summed E-state index contributed by atoms with van der Waals surface area (Å²) in [5.41, 5.74) is -0.570. The normalized spacial score (nSPS) is 33.7. The van der Waals surface area contributed by atoms with E-state index in [-0.39, 0.29) is 24.2 Å². The lowest BCUT2D eigenvalue weighted by molar-refractivity contribution is -0.0990. The molecule has 0 bridgehead atoms. The van der Waals surface area contributed by atoms with Crippen molar-refractivity contribution in [2.24, 2.45) is 5.92 Å². The molecule has 0 spiro atoms. The van der Waals surface area contributed by atoms with Gasteiger partial charge in [-0.25, -0.2) is 0 Å². The van der Waals surface area contributed by atoms with Crippen molar-refractivity contribution in [3.05, 3.63) is 0 Å². The molecule has 6 heteroatoms. The summed E-state index contributed by atoms with van der Waals surface area (Å²) in [4.78, 5) is 0. The summed E-state index contributed by atoms with van der Waals surface area (Å²) in [7, 11) is 3.87. The number of ether oxygens (including phenoxy) is 2. The summed E-state index contributed by atoms with van der Waals surface area (Å²) in [6, 6.07) is 0. The van der Waals surface area contributed by atoms with Crippen LogP contribution in [0.3, 0.4) is 0 Å². The molecule has 1 aliphatic carbocycles. The van der Waals surface area contributed by atoms with E-state index in [1.54, 1.807) is 7.11 Å². The number of hydrogen-bond donors (Lipinski definition) is 3. The minimum atomic E-state index is -0.570. The predicted octanol–water partition coefficient (Wildman–Crippen LogP) is 1.75. The summed E-state index contributed by atoms with van der Waals surface area (Å²) in [5, 5.41) is 19.0. The molecule has 6 unspecified atom stereocenters. The van der Waals surface area contributed by atoms with E-state index < -0.39 is 5.44 Å². The largest absolute Gasteiger partial charge is 0.393 e.